The second-order valence-corrected chi connectivity index (χ2v) is 8.19. The Balaban J connectivity index is 1.65. The van der Waals surface area contributed by atoms with Gasteiger partial charge in [0.15, 0.2) is 11.3 Å². The molecule has 1 N–H and O–H groups in total. The number of hydrogen-bond acceptors (Lipinski definition) is 8. The van der Waals surface area contributed by atoms with Gasteiger partial charge in [0.1, 0.15) is 5.15 Å². The molecule has 0 aromatic carbocycles. The Morgan fingerprint density at radius 3 is 2.87 bits per heavy atom. The number of thioether (sulfide) groups is 1. The second kappa shape index (κ2) is 8.71. The van der Waals surface area contributed by atoms with Gasteiger partial charge in [0.2, 0.25) is 11.7 Å². The molecular weight excluding hydrogens is 444 g/mol. The average Bonchev–Trinajstić information content (AvgIpc) is 3.39. The van der Waals surface area contributed by atoms with Gasteiger partial charge >= 0.3 is 0 Å². The lowest BCUT2D eigenvalue weighted by atomic mass is 10.2. The minimum absolute atomic E-state index is 0.112. The largest absolute Gasteiger partial charge is 0.479 e. The van der Waals surface area contributed by atoms with Crippen molar-refractivity contribution >= 4 is 51.9 Å². The SMILES string of the molecule is COc1nnc(C(=O)Nc2csc(SC)c2)cc1C#Cc1nnc2cccc(Cl)n12. The molecule has 0 unspecified atom stereocenters. The zero-order valence-electron chi connectivity index (χ0n) is 15.7. The zero-order valence-corrected chi connectivity index (χ0v) is 18.1. The van der Waals surface area contributed by atoms with E-state index in [1.807, 2.05) is 17.7 Å². The Morgan fingerprint density at radius 2 is 2.10 bits per heavy atom. The number of methoxy groups -OCH3 is 1. The molecule has 0 saturated carbocycles. The van der Waals surface area contributed by atoms with Crippen LogP contribution in [0.3, 0.4) is 0 Å². The van der Waals surface area contributed by atoms with Gasteiger partial charge in [0.25, 0.3) is 5.91 Å². The quantitative estimate of drug-likeness (QED) is 0.284. The molecule has 0 atom stereocenters. The highest BCUT2D eigenvalue weighted by Crippen LogP contribution is 2.27. The summed E-state index contributed by atoms with van der Waals surface area (Å²) in [6.45, 7) is 0. The van der Waals surface area contributed by atoms with Crippen molar-refractivity contribution in [2.75, 3.05) is 18.7 Å². The van der Waals surface area contributed by atoms with Crippen LogP contribution in [-0.2, 0) is 0 Å². The zero-order chi connectivity index (χ0) is 21.1. The number of carbonyl (C=O) groups is 1. The van der Waals surface area contributed by atoms with Crippen LogP contribution in [0.1, 0.15) is 21.9 Å². The number of aromatic nitrogens is 5. The number of nitrogens with one attached hydrogen (secondary N) is 1. The van der Waals surface area contributed by atoms with Crippen LogP contribution in [0.4, 0.5) is 5.69 Å². The normalized spacial score (nSPS) is 10.5. The van der Waals surface area contributed by atoms with Crippen LogP contribution in [-0.4, -0.2) is 44.1 Å². The minimum atomic E-state index is -0.394. The van der Waals surface area contributed by atoms with E-state index in [-0.39, 0.29) is 11.6 Å². The van der Waals surface area contributed by atoms with Crippen LogP contribution in [0.5, 0.6) is 5.88 Å². The van der Waals surface area contributed by atoms with E-state index in [0.717, 1.165) is 4.21 Å². The van der Waals surface area contributed by atoms with Crippen molar-refractivity contribution in [1.82, 2.24) is 24.8 Å². The number of carbonyl (C=O) groups excluding carboxylic acids is 1. The number of thiophene rings is 1. The Hall–Kier alpha value is -3.13. The number of amides is 1. The molecule has 1 amide bonds. The predicted molar refractivity (Wildman–Crippen MR) is 117 cm³/mol. The smallest absolute Gasteiger partial charge is 0.276 e. The van der Waals surface area contributed by atoms with E-state index in [1.54, 1.807) is 45.7 Å². The number of ether oxygens (including phenoxy) is 1. The van der Waals surface area contributed by atoms with Crippen molar-refractivity contribution < 1.29 is 9.53 Å². The minimum Gasteiger partial charge on any atom is -0.479 e. The van der Waals surface area contributed by atoms with E-state index >= 15 is 0 Å². The maximum absolute atomic E-state index is 12.6. The third-order valence-electron chi connectivity index (χ3n) is 3.91. The van der Waals surface area contributed by atoms with E-state index < -0.39 is 5.91 Å². The summed E-state index contributed by atoms with van der Waals surface area (Å²) in [4.78, 5) is 12.6. The summed E-state index contributed by atoms with van der Waals surface area (Å²) >= 11 is 9.37. The lowest BCUT2D eigenvalue weighted by Crippen LogP contribution is -2.14. The first-order valence-electron chi connectivity index (χ1n) is 8.46. The van der Waals surface area contributed by atoms with Crippen molar-refractivity contribution in [1.29, 1.82) is 0 Å². The Kier molecular flexibility index (Phi) is 5.85. The molecule has 8 nitrogen and oxygen atoms in total. The highest BCUT2D eigenvalue weighted by atomic mass is 35.5. The summed E-state index contributed by atoms with van der Waals surface area (Å²) in [6.07, 6.45) is 1.98. The fraction of sp³-hybridized carbons (Fsp3) is 0.105. The van der Waals surface area contributed by atoms with Crippen LogP contribution in [0, 0.1) is 11.8 Å². The predicted octanol–water partition coefficient (Wildman–Crippen LogP) is 3.62. The van der Waals surface area contributed by atoms with Gasteiger partial charge in [-0.25, -0.2) is 0 Å². The number of halogens is 1. The van der Waals surface area contributed by atoms with Crippen LogP contribution < -0.4 is 10.1 Å². The number of hydrogen-bond donors (Lipinski definition) is 1. The molecular formula is C19H13ClN6O2S2. The molecule has 0 aliphatic carbocycles. The number of anilines is 1. The van der Waals surface area contributed by atoms with Crippen molar-refractivity contribution in [3.63, 3.8) is 0 Å². The lowest BCUT2D eigenvalue weighted by molar-refractivity contribution is 0.102. The number of pyridine rings is 1. The summed E-state index contributed by atoms with van der Waals surface area (Å²) in [5.41, 5.74) is 1.77. The molecule has 4 aromatic rings. The first-order valence-corrected chi connectivity index (χ1v) is 10.9. The molecule has 4 heterocycles. The molecule has 4 aromatic heterocycles. The van der Waals surface area contributed by atoms with Crippen molar-refractivity contribution in [2.24, 2.45) is 0 Å². The van der Waals surface area contributed by atoms with Crippen molar-refractivity contribution in [2.45, 2.75) is 4.21 Å². The third-order valence-corrected chi connectivity index (χ3v) is 6.24. The lowest BCUT2D eigenvalue weighted by Gasteiger charge is -2.05. The van der Waals surface area contributed by atoms with E-state index in [2.05, 4.69) is 37.6 Å². The first kappa shape index (κ1) is 20.2. The average molecular weight is 457 g/mol. The molecule has 0 bridgehead atoms. The van der Waals surface area contributed by atoms with Gasteiger partial charge in [-0.15, -0.1) is 43.5 Å². The topological polar surface area (TPSA) is 94.3 Å². The van der Waals surface area contributed by atoms with E-state index in [0.29, 0.717) is 27.9 Å². The second-order valence-electron chi connectivity index (χ2n) is 5.78. The van der Waals surface area contributed by atoms with E-state index in [9.17, 15) is 4.79 Å². The molecule has 0 radical (unpaired) electrons. The van der Waals surface area contributed by atoms with Gasteiger partial charge in [0, 0.05) is 5.38 Å². The maximum atomic E-state index is 12.6. The molecule has 30 heavy (non-hydrogen) atoms. The Labute approximate surface area is 184 Å². The summed E-state index contributed by atoms with van der Waals surface area (Å²) in [7, 11) is 1.45. The maximum Gasteiger partial charge on any atom is 0.276 e. The van der Waals surface area contributed by atoms with Gasteiger partial charge in [0.05, 0.1) is 22.6 Å². The van der Waals surface area contributed by atoms with Gasteiger partial charge in [-0.3, -0.25) is 9.20 Å². The number of rotatable bonds is 4. The van der Waals surface area contributed by atoms with Crippen LogP contribution in [0.25, 0.3) is 5.65 Å². The van der Waals surface area contributed by atoms with Crippen molar-refractivity contribution in [3.8, 4) is 17.7 Å². The van der Waals surface area contributed by atoms with E-state index in [1.165, 1.54) is 13.2 Å². The van der Waals surface area contributed by atoms with Crippen LogP contribution >= 0.6 is 34.7 Å². The Morgan fingerprint density at radius 1 is 1.23 bits per heavy atom. The fourth-order valence-corrected chi connectivity index (χ4v) is 4.10. The number of nitrogens with zero attached hydrogens (tertiary/aromatic N) is 5. The van der Waals surface area contributed by atoms with Crippen LogP contribution in [0.15, 0.2) is 39.9 Å². The third kappa shape index (κ3) is 4.09. The summed E-state index contributed by atoms with van der Waals surface area (Å²) in [5.74, 6) is 5.97. The molecule has 11 heteroatoms. The molecule has 4 rings (SSSR count). The molecule has 0 fully saturated rings. The number of fused-ring (bicyclic) bond motifs is 1. The van der Waals surface area contributed by atoms with E-state index in [4.69, 9.17) is 16.3 Å². The summed E-state index contributed by atoms with van der Waals surface area (Å²) < 4.78 is 7.93. The van der Waals surface area contributed by atoms with Gasteiger partial charge < -0.3 is 10.1 Å². The highest BCUT2D eigenvalue weighted by Gasteiger charge is 2.14. The monoisotopic (exact) mass is 456 g/mol. The highest BCUT2D eigenvalue weighted by molar-refractivity contribution is 8.00. The van der Waals surface area contributed by atoms with Crippen LogP contribution in [0.2, 0.25) is 5.15 Å². The molecule has 0 spiro atoms. The Bertz CT molecular complexity index is 1310. The van der Waals surface area contributed by atoms with Gasteiger partial charge in [-0.05, 0) is 36.4 Å². The molecule has 0 saturated heterocycles. The van der Waals surface area contributed by atoms with Crippen molar-refractivity contribution in [3.05, 3.63) is 57.9 Å². The van der Waals surface area contributed by atoms with Gasteiger partial charge in [-0.2, -0.15) is 0 Å². The molecule has 150 valence electrons. The summed E-state index contributed by atoms with van der Waals surface area (Å²) in [6, 6.07) is 8.67. The first-order chi connectivity index (χ1) is 14.6. The summed E-state index contributed by atoms with van der Waals surface area (Å²) in [5, 5.41) is 21.1. The van der Waals surface area contributed by atoms with Gasteiger partial charge in [-0.1, -0.05) is 23.6 Å². The molecule has 0 aliphatic heterocycles. The standard InChI is InChI=1S/C19H13ClN6O2S2/c1-28-19-11(6-7-16-24-23-15-5-3-4-14(20)26(15)16)8-13(22-25-19)18(27)21-12-9-17(29-2)30-10-12/h3-5,8-10H,1-2H3,(H,21,27). The molecule has 0 aliphatic rings. The fourth-order valence-electron chi connectivity index (χ4n) is 2.52.